The third kappa shape index (κ3) is 3.31. The Hall–Kier alpha value is -0.630. The smallest absolute Gasteiger partial charge is 0.182 e. The van der Waals surface area contributed by atoms with Gasteiger partial charge >= 0.3 is 0 Å². The van der Waals surface area contributed by atoms with Crippen LogP contribution in [0, 0.1) is 10.8 Å². The first-order chi connectivity index (χ1) is 6.24. The molecule has 3 N–H and O–H groups in total. The van der Waals surface area contributed by atoms with Crippen molar-refractivity contribution in [3.63, 3.8) is 0 Å². The monoisotopic (exact) mass is 204 g/mol. The van der Waals surface area contributed by atoms with Crippen molar-refractivity contribution < 1.29 is 9.29 Å². The number of nitrogens with one attached hydrogen (secondary N) is 3. The summed E-state index contributed by atoms with van der Waals surface area (Å²) in [5, 5.41) is 13.8. The lowest BCUT2D eigenvalue weighted by Gasteiger charge is -2.26. The van der Waals surface area contributed by atoms with E-state index in [9.17, 15) is 4.55 Å². The van der Waals surface area contributed by atoms with Gasteiger partial charge in [0.1, 0.15) is 0 Å². The van der Waals surface area contributed by atoms with Crippen molar-refractivity contribution in [2.75, 3.05) is 26.3 Å². The second-order valence-electron chi connectivity index (χ2n) is 2.45. The molecule has 1 unspecified atom stereocenters. The standard InChI is InChI=1S/C6H12N4O2S/c7-5-6(8)9-13(11)10-1-3-12-4-2-10/h5,7H,1-4H2,(H2,8,9). The third-order valence-corrected chi connectivity index (χ3v) is 2.77. The van der Waals surface area contributed by atoms with Crippen LogP contribution in [0.5, 0.6) is 0 Å². The summed E-state index contributed by atoms with van der Waals surface area (Å²) >= 11 is -1.41. The molecule has 13 heavy (non-hydrogen) atoms. The highest BCUT2D eigenvalue weighted by Gasteiger charge is 2.23. The van der Waals surface area contributed by atoms with Crippen LogP contribution in [0.25, 0.3) is 0 Å². The van der Waals surface area contributed by atoms with E-state index in [1.165, 1.54) is 0 Å². The molecule has 0 amide bonds. The largest absolute Gasteiger partial charge is 0.573 e. The second kappa shape index (κ2) is 5.18. The molecule has 1 rings (SSSR count). The fraction of sp³-hybridized carbons (Fsp3) is 0.667. The van der Waals surface area contributed by atoms with Crippen molar-refractivity contribution in [3.8, 4) is 0 Å². The molecule has 0 spiro atoms. The topological polar surface area (TPSA) is 95.3 Å². The predicted octanol–water partition coefficient (Wildman–Crippen LogP) is -0.886. The first kappa shape index (κ1) is 10.5. The molecular formula is C6H12N4O2S. The lowest BCUT2D eigenvalue weighted by Crippen LogP contribution is -2.48. The molecule has 7 heteroatoms. The van der Waals surface area contributed by atoms with E-state index in [-0.39, 0.29) is 5.84 Å². The average molecular weight is 204 g/mol. The number of ether oxygens (including phenoxy) is 1. The van der Waals surface area contributed by atoms with Crippen molar-refractivity contribution in [1.29, 1.82) is 10.8 Å². The van der Waals surface area contributed by atoms with Gasteiger partial charge < -0.3 is 14.7 Å². The molecule has 1 aliphatic heterocycles. The van der Waals surface area contributed by atoms with Gasteiger partial charge in [-0.25, -0.2) is 0 Å². The minimum Gasteiger partial charge on any atom is -0.573 e. The van der Waals surface area contributed by atoms with Gasteiger partial charge in [0.15, 0.2) is 17.4 Å². The fourth-order valence-electron chi connectivity index (χ4n) is 0.900. The molecule has 0 saturated carbocycles. The van der Waals surface area contributed by atoms with Crippen molar-refractivity contribution in [2.24, 2.45) is 0 Å². The number of rotatable bonds is 3. The molecule has 1 aliphatic rings. The first-order valence-corrected chi connectivity index (χ1v) is 4.95. The lowest BCUT2D eigenvalue weighted by molar-refractivity contribution is 0.0728. The van der Waals surface area contributed by atoms with Crippen LogP contribution in [0.4, 0.5) is 0 Å². The summed E-state index contributed by atoms with van der Waals surface area (Å²) in [6.45, 7) is 2.30. The molecule has 1 atom stereocenters. The van der Waals surface area contributed by atoms with E-state index in [2.05, 4.69) is 4.72 Å². The van der Waals surface area contributed by atoms with Crippen LogP contribution in [0.1, 0.15) is 0 Å². The summed E-state index contributed by atoms with van der Waals surface area (Å²) in [5.41, 5.74) is 0. The van der Waals surface area contributed by atoms with E-state index >= 15 is 0 Å². The summed E-state index contributed by atoms with van der Waals surface area (Å²) in [6, 6.07) is 0. The minimum atomic E-state index is -1.41. The molecule has 0 aromatic heterocycles. The van der Waals surface area contributed by atoms with E-state index in [1.54, 1.807) is 4.31 Å². The van der Waals surface area contributed by atoms with Gasteiger partial charge in [0.25, 0.3) is 0 Å². The highest BCUT2D eigenvalue weighted by Crippen LogP contribution is 2.01. The van der Waals surface area contributed by atoms with Crippen LogP contribution < -0.4 is 4.72 Å². The lowest BCUT2D eigenvalue weighted by atomic mass is 10.5. The summed E-state index contributed by atoms with van der Waals surface area (Å²) in [6.07, 6.45) is 0.818. The highest BCUT2D eigenvalue weighted by molar-refractivity contribution is 7.87. The normalized spacial score (nSPS) is 20.7. The molecule has 0 radical (unpaired) electrons. The minimum absolute atomic E-state index is 0.148. The number of hydrogen-bond donors (Lipinski definition) is 3. The van der Waals surface area contributed by atoms with E-state index in [1.807, 2.05) is 0 Å². The molecule has 1 heterocycles. The average Bonchev–Trinajstić information content (AvgIpc) is 2.19. The predicted molar refractivity (Wildman–Crippen MR) is 50.2 cm³/mol. The third-order valence-electron chi connectivity index (χ3n) is 1.55. The molecule has 0 aromatic rings. The maximum Gasteiger partial charge on any atom is 0.182 e. The Bertz CT molecular complexity index is 195. The van der Waals surface area contributed by atoms with E-state index in [0.717, 1.165) is 6.21 Å². The molecule has 74 valence electrons. The summed E-state index contributed by atoms with van der Waals surface area (Å²) in [5.74, 6) is -0.148. The van der Waals surface area contributed by atoms with Gasteiger partial charge in [0.2, 0.25) is 0 Å². The Balaban J connectivity index is 2.32. The molecule has 6 nitrogen and oxygen atoms in total. The van der Waals surface area contributed by atoms with Crippen molar-refractivity contribution in [2.45, 2.75) is 0 Å². The van der Waals surface area contributed by atoms with Crippen LogP contribution in [0.2, 0.25) is 0 Å². The Morgan fingerprint density at radius 2 is 2.15 bits per heavy atom. The summed E-state index contributed by atoms with van der Waals surface area (Å²) in [7, 11) is 0. The van der Waals surface area contributed by atoms with Gasteiger partial charge in [-0.3, -0.25) is 5.41 Å². The number of amidine groups is 1. The number of nitrogens with zero attached hydrogens (tertiary/aromatic N) is 1. The molecule has 0 bridgehead atoms. The van der Waals surface area contributed by atoms with Crippen molar-refractivity contribution in [1.82, 2.24) is 9.03 Å². The Morgan fingerprint density at radius 3 is 2.69 bits per heavy atom. The zero-order valence-corrected chi connectivity index (χ0v) is 7.89. The van der Waals surface area contributed by atoms with E-state index in [4.69, 9.17) is 15.6 Å². The Morgan fingerprint density at radius 1 is 1.54 bits per heavy atom. The first-order valence-electron chi connectivity index (χ1n) is 3.84. The van der Waals surface area contributed by atoms with Crippen LogP contribution in [0.3, 0.4) is 0 Å². The van der Waals surface area contributed by atoms with E-state index in [0.29, 0.717) is 26.3 Å². The van der Waals surface area contributed by atoms with Crippen molar-refractivity contribution in [3.05, 3.63) is 0 Å². The SMILES string of the molecule is N=CC(=N)N[S+]([O-])N1CCOCC1. The van der Waals surface area contributed by atoms with Gasteiger partial charge in [0.05, 0.1) is 32.5 Å². The molecule has 1 saturated heterocycles. The molecule has 0 aromatic carbocycles. The van der Waals surface area contributed by atoms with Crippen molar-refractivity contribution >= 4 is 23.6 Å². The van der Waals surface area contributed by atoms with Gasteiger partial charge in [-0.2, -0.15) is 4.72 Å². The zero-order chi connectivity index (χ0) is 9.68. The maximum atomic E-state index is 11.4. The van der Waals surface area contributed by atoms with Gasteiger partial charge in [-0.05, 0) is 0 Å². The van der Waals surface area contributed by atoms with Gasteiger partial charge in [0, 0.05) is 0 Å². The number of hydrogen-bond acceptors (Lipinski definition) is 5. The van der Waals surface area contributed by atoms with Crippen LogP contribution >= 0.6 is 0 Å². The van der Waals surface area contributed by atoms with Crippen LogP contribution in [0.15, 0.2) is 0 Å². The van der Waals surface area contributed by atoms with Crippen LogP contribution in [-0.2, 0) is 16.3 Å². The quantitative estimate of drug-likeness (QED) is 0.316. The van der Waals surface area contributed by atoms with Gasteiger partial charge in [-0.15, -0.1) is 0 Å². The molecular weight excluding hydrogens is 192 g/mol. The zero-order valence-electron chi connectivity index (χ0n) is 7.08. The number of morpholine rings is 1. The Labute approximate surface area is 79.7 Å². The second-order valence-corrected chi connectivity index (χ2v) is 3.67. The maximum absolute atomic E-state index is 11.4. The Kier molecular flexibility index (Phi) is 4.16. The molecule has 1 fully saturated rings. The fourth-order valence-corrected chi connectivity index (χ4v) is 1.76. The van der Waals surface area contributed by atoms with E-state index < -0.39 is 11.5 Å². The summed E-state index contributed by atoms with van der Waals surface area (Å²) in [4.78, 5) is 0. The molecule has 0 aliphatic carbocycles. The van der Waals surface area contributed by atoms with Gasteiger partial charge in [-0.1, -0.05) is 4.31 Å². The van der Waals surface area contributed by atoms with Crippen LogP contribution in [-0.4, -0.2) is 47.2 Å². The highest BCUT2D eigenvalue weighted by atomic mass is 32.2. The summed E-state index contributed by atoms with van der Waals surface area (Å²) < 4.78 is 20.5.